The molecule has 1 aliphatic rings. The lowest BCUT2D eigenvalue weighted by molar-refractivity contribution is -0.128. The number of hydrogen-bond acceptors (Lipinski definition) is 8. The summed E-state index contributed by atoms with van der Waals surface area (Å²) in [6, 6.07) is 4.49. The summed E-state index contributed by atoms with van der Waals surface area (Å²) in [6.07, 6.45) is 1.37. The number of hydrogen-bond donors (Lipinski definition) is 2. The molecule has 0 aliphatic carbocycles. The first-order valence-electron chi connectivity index (χ1n) is 9.98. The lowest BCUT2D eigenvalue weighted by Gasteiger charge is -2.35. The van der Waals surface area contributed by atoms with Crippen LogP contribution in [0.1, 0.15) is 0 Å². The number of thiazole rings is 1. The predicted octanol–water partition coefficient (Wildman–Crippen LogP) is 3.87. The van der Waals surface area contributed by atoms with Gasteiger partial charge in [0.2, 0.25) is 5.91 Å². The van der Waals surface area contributed by atoms with E-state index in [-0.39, 0.29) is 32.4 Å². The van der Waals surface area contributed by atoms with Gasteiger partial charge < -0.3 is 20.6 Å². The quantitative estimate of drug-likeness (QED) is 0.406. The highest BCUT2D eigenvalue weighted by Crippen LogP contribution is 2.45. The number of nitrogens with zero attached hydrogens (tertiary/aromatic N) is 5. The molecule has 0 radical (unpaired) electrons. The zero-order valence-electron chi connectivity index (χ0n) is 17.1. The minimum atomic E-state index is -0.448. The van der Waals surface area contributed by atoms with Gasteiger partial charge in [-0.1, -0.05) is 22.9 Å². The zero-order valence-corrected chi connectivity index (χ0v) is 19.4. The Morgan fingerprint density at radius 2 is 1.97 bits per heavy atom. The van der Waals surface area contributed by atoms with Crippen molar-refractivity contribution in [3.05, 3.63) is 35.4 Å². The molecule has 170 valence electrons. The molecule has 8 nitrogen and oxygen atoms in total. The van der Waals surface area contributed by atoms with Crippen LogP contribution in [0.3, 0.4) is 0 Å². The van der Waals surface area contributed by atoms with Crippen LogP contribution in [0.25, 0.3) is 32.2 Å². The Kier molecular flexibility index (Phi) is 5.59. The molecule has 4 aromatic rings. The van der Waals surface area contributed by atoms with Gasteiger partial charge in [0.05, 0.1) is 15.2 Å². The van der Waals surface area contributed by atoms with Crippen LogP contribution >= 0.6 is 34.5 Å². The molecular weight excluding hydrogens is 490 g/mol. The third kappa shape index (κ3) is 3.68. The summed E-state index contributed by atoms with van der Waals surface area (Å²) in [5, 5.41) is 12.2. The van der Waals surface area contributed by atoms with Crippen molar-refractivity contribution in [2.45, 2.75) is 0 Å². The number of amides is 1. The first kappa shape index (κ1) is 21.9. The van der Waals surface area contributed by atoms with Gasteiger partial charge in [-0.05, 0) is 18.2 Å². The first-order chi connectivity index (χ1) is 15.9. The van der Waals surface area contributed by atoms with E-state index in [9.17, 15) is 14.3 Å². The van der Waals surface area contributed by atoms with Crippen molar-refractivity contribution >= 4 is 72.5 Å². The molecule has 2 aromatic carbocycles. The predicted molar refractivity (Wildman–Crippen MR) is 129 cm³/mol. The topological polar surface area (TPSA) is 108 Å². The van der Waals surface area contributed by atoms with E-state index in [1.54, 1.807) is 11.0 Å². The highest BCUT2D eigenvalue weighted by molar-refractivity contribution is 7.22. The molecule has 0 unspecified atom stereocenters. The average molecular weight is 507 g/mol. The molecule has 5 rings (SSSR count). The first-order valence-corrected chi connectivity index (χ1v) is 11.7. The van der Waals surface area contributed by atoms with E-state index >= 15 is 0 Å². The Bertz CT molecular complexity index is 1410. The number of aromatic hydroxyl groups is 1. The summed E-state index contributed by atoms with van der Waals surface area (Å²) < 4.78 is 14.6. The fourth-order valence-corrected chi connectivity index (χ4v) is 5.33. The number of piperazine rings is 1. The number of halogens is 3. The highest BCUT2D eigenvalue weighted by atomic mass is 35.5. The second-order valence-electron chi connectivity index (χ2n) is 7.50. The van der Waals surface area contributed by atoms with Crippen molar-refractivity contribution in [1.29, 1.82) is 0 Å². The molecule has 0 spiro atoms. The monoisotopic (exact) mass is 506 g/mol. The van der Waals surface area contributed by atoms with E-state index in [0.717, 1.165) is 11.3 Å². The van der Waals surface area contributed by atoms with Crippen LogP contribution in [0.5, 0.6) is 5.75 Å². The minimum absolute atomic E-state index is 0.0516. The van der Waals surface area contributed by atoms with E-state index in [1.165, 1.54) is 18.5 Å². The summed E-state index contributed by atoms with van der Waals surface area (Å²) in [6.45, 7) is 2.11. The Morgan fingerprint density at radius 1 is 1.21 bits per heavy atom. The summed E-state index contributed by atoms with van der Waals surface area (Å²) >= 11 is 13.3. The fraction of sp³-hybridized carbons (Fsp3) is 0.238. The molecule has 33 heavy (non-hydrogen) atoms. The van der Waals surface area contributed by atoms with E-state index < -0.39 is 5.82 Å². The van der Waals surface area contributed by atoms with Crippen LogP contribution < -0.4 is 10.6 Å². The van der Waals surface area contributed by atoms with E-state index in [2.05, 4.69) is 15.0 Å². The third-order valence-corrected chi connectivity index (χ3v) is 7.08. The number of phenols is 1. The maximum absolute atomic E-state index is 14.3. The molecule has 1 amide bonds. The number of carbonyl (C=O) groups is 1. The standard InChI is InChI=1S/C21H17Cl2FN6O2S/c22-8-14(31)29-3-5-30(6-4-29)20-11-7-12(23)15(18(32)16(11)26-9-27-20)10-1-2-13(24)19-17(10)28-21(25)33-19/h1-2,7,9,32H,3-6,8H2,(H2,25,28). The number of carbonyl (C=O) groups excluding carboxylic acids is 1. The van der Waals surface area contributed by atoms with Gasteiger partial charge in [-0.3, -0.25) is 4.79 Å². The van der Waals surface area contributed by atoms with Gasteiger partial charge in [0.25, 0.3) is 0 Å². The Labute approximate surface area is 201 Å². The van der Waals surface area contributed by atoms with Gasteiger partial charge in [-0.25, -0.2) is 19.3 Å². The van der Waals surface area contributed by atoms with Crippen molar-refractivity contribution in [3.8, 4) is 16.9 Å². The van der Waals surface area contributed by atoms with Gasteiger partial charge in [-0.2, -0.15) is 0 Å². The van der Waals surface area contributed by atoms with Crippen LogP contribution in [0, 0.1) is 5.82 Å². The molecule has 3 N–H and O–H groups in total. The number of phenolic OH excluding ortho intramolecular Hbond substituents is 1. The van der Waals surface area contributed by atoms with E-state index in [4.69, 9.17) is 28.9 Å². The number of aromatic nitrogens is 3. The number of nitrogen functional groups attached to an aromatic ring is 1. The maximum atomic E-state index is 14.3. The van der Waals surface area contributed by atoms with Crippen LogP contribution in [0.4, 0.5) is 15.3 Å². The van der Waals surface area contributed by atoms with Crippen molar-refractivity contribution in [1.82, 2.24) is 19.9 Å². The summed E-state index contributed by atoms with van der Waals surface area (Å²) in [4.78, 5) is 28.5. The van der Waals surface area contributed by atoms with Gasteiger partial charge in [0, 0.05) is 42.7 Å². The smallest absolute Gasteiger partial charge is 0.237 e. The molecule has 1 saturated heterocycles. The number of rotatable bonds is 3. The number of alkyl halides is 1. The third-order valence-electron chi connectivity index (χ3n) is 5.66. The molecule has 0 saturated carbocycles. The second kappa shape index (κ2) is 8.44. The van der Waals surface area contributed by atoms with Gasteiger partial charge in [0.1, 0.15) is 29.4 Å². The van der Waals surface area contributed by atoms with Crippen molar-refractivity contribution in [2.24, 2.45) is 0 Å². The number of fused-ring (bicyclic) bond motifs is 2. The molecule has 1 aliphatic heterocycles. The molecule has 0 atom stereocenters. The molecule has 0 bridgehead atoms. The van der Waals surface area contributed by atoms with Crippen molar-refractivity contribution < 1.29 is 14.3 Å². The second-order valence-corrected chi connectivity index (χ2v) is 9.21. The Hall–Kier alpha value is -2.95. The van der Waals surface area contributed by atoms with Crippen molar-refractivity contribution in [3.63, 3.8) is 0 Å². The molecule has 1 fully saturated rings. The Balaban J connectivity index is 1.61. The largest absolute Gasteiger partial charge is 0.505 e. The van der Waals surface area contributed by atoms with Crippen LogP contribution in [-0.4, -0.2) is 62.9 Å². The van der Waals surface area contributed by atoms with E-state index in [0.29, 0.717) is 59.5 Å². The number of benzene rings is 2. The molecule has 3 heterocycles. The SMILES string of the molecule is Nc1nc2c(-c3c(Cl)cc4c(N5CCN(C(=O)CCl)CC5)ncnc4c3O)ccc(F)c2s1. The van der Waals surface area contributed by atoms with Crippen LogP contribution in [-0.2, 0) is 4.79 Å². The van der Waals surface area contributed by atoms with Gasteiger partial charge in [0.15, 0.2) is 10.9 Å². The number of nitrogens with two attached hydrogens (primary N) is 1. The maximum Gasteiger partial charge on any atom is 0.237 e. The van der Waals surface area contributed by atoms with Gasteiger partial charge >= 0.3 is 0 Å². The summed E-state index contributed by atoms with van der Waals surface area (Å²) in [5.41, 5.74) is 7.18. The Morgan fingerprint density at radius 3 is 2.70 bits per heavy atom. The molecule has 2 aromatic heterocycles. The van der Waals surface area contributed by atoms with Crippen LogP contribution in [0.15, 0.2) is 24.5 Å². The van der Waals surface area contributed by atoms with Crippen LogP contribution in [0.2, 0.25) is 5.02 Å². The summed E-state index contributed by atoms with van der Waals surface area (Å²) in [7, 11) is 0. The van der Waals surface area contributed by atoms with Gasteiger partial charge in [-0.15, -0.1) is 11.6 Å². The fourth-order valence-electron chi connectivity index (χ4n) is 4.09. The van der Waals surface area contributed by atoms with E-state index in [1.807, 2.05) is 4.90 Å². The molecule has 12 heteroatoms. The highest BCUT2D eigenvalue weighted by Gasteiger charge is 2.25. The lowest BCUT2D eigenvalue weighted by Crippen LogP contribution is -2.49. The summed E-state index contributed by atoms with van der Waals surface area (Å²) in [5.74, 6) is -0.164. The lowest BCUT2D eigenvalue weighted by atomic mass is 10.0. The van der Waals surface area contributed by atoms with Crippen molar-refractivity contribution in [2.75, 3.05) is 42.7 Å². The normalized spacial score (nSPS) is 14.4. The zero-order chi connectivity index (χ0) is 23.3. The molecular formula is C21H17Cl2FN6O2S. The number of anilines is 2. The minimum Gasteiger partial charge on any atom is -0.505 e. The average Bonchev–Trinajstić information content (AvgIpc) is 3.22.